The third-order valence-electron chi connectivity index (χ3n) is 4.51. The highest BCUT2D eigenvalue weighted by molar-refractivity contribution is 7.18. The van der Waals surface area contributed by atoms with Crippen LogP contribution in [0.2, 0.25) is 0 Å². The minimum Gasteiger partial charge on any atom is -0.344 e. The molecule has 3 rings (SSSR count). The topological polar surface area (TPSA) is 84.0 Å². The van der Waals surface area contributed by atoms with Gasteiger partial charge in [0.2, 0.25) is 16.9 Å². The number of benzene rings is 2. The number of amides is 2. The van der Waals surface area contributed by atoms with Crippen molar-refractivity contribution in [2.45, 2.75) is 40.2 Å². The van der Waals surface area contributed by atoms with Crippen LogP contribution in [0.25, 0.3) is 10.6 Å². The Morgan fingerprint density at radius 2 is 1.77 bits per heavy atom. The number of aromatic nitrogens is 2. The van der Waals surface area contributed by atoms with E-state index in [2.05, 4.69) is 20.8 Å². The lowest BCUT2D eigenvalue weighted by Crippen LogP contribution is -2.48. The van der Waals surface area contributed by atoms with E-state index in [9.17, 15) is 9.59 Å². The van der Waals surface area contributed by atoms with Crippen molar-refractivity contribution in [3.63, 3.8) is 0 Å². The second-order valence-electron chi connectivity index (χ2n) is 8.24. The Bertz CT molecular complexity index is 1020. The van der Waals surface area contributed by atoms with E-state index in [0.29, 0.717) is 11.6 Å². The molecule has 0 spiro atoms. The Morgan fingerprint density at radius 1 is 1.03 bits per heavy atom. The van der Waals surface area contributed by atoms with Crippen molar-refractivity contribution in [3.05, 3.63) is 65.7 Å². The van der Waals surface area contributed by atoms with Crippen molar-refractivity contribution in [1.82, 2.24) is 15.5 Å². The summed E-state index contributed by atoms with van der Waals surface area (Å²) in [7, 11) is 0. The van der Waals surface area contributed by atoms with E-state index in [1.54, 1.807) is 0 Å². The number of hydrogen-bond acceptors (Lipinski definition) is 5. The lowest BCUT2D eigenvalue weighted by molar-refractivity contribution is -0.132. The van der Waals surface area contributed by atoms with Crippen molar-refractivity contribution >= 4 is 28.3 Å². The molecule has 2 aromatic carbocycles. The molecule has 0 fully saturated rings. The Morgan fingerprint density at radius 3 is 2.43 bits per heavy atom. The fraction of sp³-hybridized carbons (Fsp3) is 0.304. The molecule has 0 saturated carbocycles. The van der Waals surface area contributed by atoms with Gasteiger partial charge in [0.1, 0.15) is 11.0 Å². The minimum absolute atomic E-state index is 0.184. The van der Waals surface area contributed by atoms with Crippen molar-refractivity contribution in [2.75, 3.05) is 5.32 Å². The Kier molecular flexibility index (Phi) is 6.62. The second-order valence-corrected chi connectivity index (χ2v) is 9.21. The summed E-state index contributed by atoms with van der Waals surface area (Å²) in [5.74, 6) is -0.500. The van der Waals surface area contributed by atoms with Crippen molar-refractivity contribution in [2.24, 2.45) is 5.41 Å². The van der Waals surface area contributed by atoms with Crippen LogP contribution in [0.1, 0.15) is 31.9 Å². The van der Waals surface area contributed by atoms with E-state index < -0.39 is 11.5 Å². The van der Waals surface area contributed by atoms with E-state index in [0.717, 1.165) is 21.7 Å². The number of nitrogens with zero attached hydrogens (tertiary/aromatic N) is 2. The maximum atomic E-state index is 13.0. The highest BCUT2D eigenvalue weighted by Crippen LogP contribution is 2.27. The van der Waals surface area contributed by atoms with Gasteiger partial charge in [-0.2, -0.15) is 0 Å². The molecule has 3 aromatic rings. The molecule has 0 aliphatic carbocycles. The molecule has 1 aromatic heterocycles. The van der Waals surface area contributed by atoms with Crippen LogP contribution in [0.15, 0.2) is 54.6 Å². The van der Waals surface area contributed by atoms with E-state index >= 15 is 0 Å². The molecule has 6 nitrogen and oxygen atoms in total. The van der Waals surface area contributed by atoms with Crippen LogP contribution >= 0.6 is 11.3 Å². The fourth-order valence-corrected chi connectivity index (χ4v) is 3.54. The number of aryl methyl sites for hydroxylation is 1. The average Bonchev–Trinajstić information content (AvgIpc) is 3.16. The zero-order valence-electron chi connectivity index (χ0n) is 17.6. The number of carbonyl (C=O) groups is 2. The van der Waals surface area contributed by atoms with Gasteiger partial charge in [0, 0.05) is 17.4 Å². The molecule has 0 aliphatic rings. The first-order valence-corrected chi connectivity index (χ1v) is 10.6. The quantitative estimate of drug-likeness (QED) is 0.623. The Labute approximate surface area is 180 Å². The van der Waals surface area contributed by atoms with Crippen LogP contribution in [-0.2, 0) is 16.0 Å². The minimum atomic E-state index is -0.717. The fourth-order valence-electron chi connectivity index (χ4n) is 2.79. The van der Waals surface area contributed by atoms with Gasteiger partial charge >= 0.3 is 0 Å². The SMILES string of the molecule is Cc1cccc(-c2nnc(NC(=O)C(Cc3ccccc3)NC(=O)C(C)(C)C)s2)c1. The van der Waals surface area contributed by atoms with E-state index in [4.69, 9.17) is 0 Å². The van der Waals surface area contributed by atoms with E-state index in [1.807, 2.05) is 82.3 Å². The molecule has 156 valence electrons. The molecule has 30 heavy (non-hydrogen) atoms. The molecule has 0 saturated heterocycles. The first kappa shape index (κ1) is 21.6. The monoisotopic (exact) mass is 422 g/mol. The van der Waals surface area contributed by atoms with Crippen LogP contribution in [0.4, 0.5) is 5.13 Å². The van der Waals surface area contributed by atoms with Gasteiger partial charge in [-0.25, -0.2) is 0 Å². The lowest BCUT2D eigenvalue weighted by Gasteiger charge is -2.23. The largest absolute Gasteiger partial charge is 0.344 e. The van der Waals surface area contributed by atoms with Gasteiger partial charge in [-0.15, -0.1) is 10.2 Å². The van der Waals surface area contributed by atoms with Gasteiger partial charge < -0.3 is 5.32 Å². The maximum absolute atomic E-state index is 13.0. The van der Waals surface area contributed by atoms with Crippen molar-refractivity contribution in [3.8, 4) is 10.6 Å². The third kappa shape index (κ3) is 5.73. The van der Waals surface area contributed by atoms with Crippen LogP contribution in [0, 0.1) is 12.3 Å². The zero-order valence-corrected chi connectivity index (χ0v) is 18.4. The molecule has 1 atom stereocenters. The zero-order chi connectivity index (χ0) is 21.7. The summed E-state index contributed by atoms with van der Waals surface area (Å²) in [6, 6.07) is 16.8. The summed E-state index contributed by atoms with van der Waals surface area (Å²) in [6.07, 6.45) is 0.387. The van der Waals surface area contributed by atoms with Gasteiger partial charge in [-0.1, -0.05) is 86.2 Å². The first-order valence-electron chi connectivity index (χ1n) is 9.78. The molecule has 2 amide bonds. The number of rotatable bonds is 6. The Hall–Kier alpha value is -3.06. The second kappa shape index (κ2) is 9.17. The van der Waals surface area contributed by atoms with Crippen LogP contribution in [0.5, 0.6) is 0 Å². The highest BCUT2D eigenvalue weighted by atomic mass is 32.1. The molecule has 0 aliphatic heterocycles. The standard InChI is InChI=1S/C23H26N4O2S/c1-15-9-8-12-17(13-15)20-26-27-22(30-20)25-19(28)18(24-21(29)23(2,3)4)14-16-10-6-5-7-11-16/h5-13,18H,14H2,1-4H3,(H,24,29)(H,25,27,28). The summed E-state index contributed by atoms with van der Waals surface area (Å²) in [6.45, 7) is 7.47. The van der Waals surface area contributed by atoms with Crippen LogP contribution < -0.4 is 10.6 Å². The third-order valence-corrected chi connectivity index (χ3v) is 5.39. The van der Waals surface area contributed by atoms with Gasteiger partial charge in [0.05, 0.1) is 0 Å². The van der Waals surface area contributed by atoms with Gasteiger partial charge in [0.25, 0.3) is 0 Å². The molecule has 0 bridgehead atoms. The lowest BCUT2D eigenvalue weighted by atomic mass is 9.94. The molecule has 0 radical (unpaired) electrons. The van der Waals surface area contributed by atoms with Crippen molar-refractivity contribution in [1.29, 1.82) is 0 Å². The predicted octanol–water partition coefficient (Wildman–Crippen LogP) is 4.23. The summed E-state index contributed by atoms with van der Waals surface area (Å²) in [5, 5.41) is 15.1. The number of hydrogen-bond donors (Lipinski definition) is 2. The summed E-state index contributed by atoms with van der Waals surface area (Å²) >= 11 is 1.30. The highest BCUT2D eigenvalue weighted by Gasteiger charge is 2.28. The van der Waals surface area contributed by atoms with Gasteiger partial charge in [-0.05, 0) is 18.6 Å². The number of anilines is 1. The number of carbonyl (C=O) groups excluding carboxylic acids is 2. The normalized spacial score (nSPS) is 12.3. The molecule has 1 heterocycles. The van der Waals surface area contributed by atoms with Gasteiger partial charge in [0.15, 0.2) is 0 Å². The Balaban J connectivity index is 1.76. The maximum Gasteiger partial charge on any atom is 0.249 e. The van der Waals surface area contributed by atoms with Crippen LogP contribution in [-0.4, -0.2) is 28.1 Å². The molecule has 1 unspecified atom stereocenters. The van der Waals surface area contributed by atoms with E-state index in [-0.39, 0.29) is 11.8 Å². The smallest absolute Gasteiger partial charge is 0.249 e. The summed E-state index contributed by atoms with van der Waals surface area (Å²) in [5.41, 5.74) is 2.44. The summed E-state index contributed by atoms with van der Waals surface area (Å²) in [4.78, 5) is 25.5. The molecular weight excluding hydrogens is 396 g/mol. The summed E-state index contributed by atoms with van der Waals surface area (Å²) < 4.78 is 0. The first-order chi connectivity index (χ1) is 14.2. The van der Waals surface area contributed by atoms with E-state index in [1.165, 1.54) is 11.3 Å². The average molecular weight is 423 g/mol. The van der Waals surface area contributed by atoms with Crippen LogP contribution in [0.3, 0.4) is 0 Å². The van der Waals surface area contributed by atoms with Gasteiger partial charge in [-0.3, -0.25) is 14.9 Å². The number of nitrogens with one attached hydrogen (secondary N) is 2. The molecule has 7 heteroatoms. The molecular formula is C23H26N4O2S. The predicted molar refractivity (Wildman–Crippen MR) is 120 cm³/mol. The molecule has 2 N–H and O–H groups in total. The van der Waals surface area contributed by atoms with Crippen molar-refractivity contribution < 1.29 is 9.59 Å².